The van der Waals surface area contributed by atoms with E-state index in [1.165, 1.54) is 37.5 Å². The third-order valence-electron chi connectivity index (χ3n) is 5.52. The zero-order valence-corrected chi connectivity index (χ0v) is 16.9. The highest BCUT2D eigenvalue weighted by atomic mass is 16.7. The average Bonchev–Trinajstić information content (AvgIpc) is 3.37. The lowest BCUT2D eigenvalue weighted by Gasteiger charge is -2.34. The molecular formula is C21H19NO9. The maximum atomic E-state index is 13.4. The number of anilines is 1. The molecule has 0 aliphatic carbocycles. The molecule has 3 aliphatic rings. The molecule has 1 aromatic carbocycles. The Labute approximate surface area is 176 Å². The molecule has 0 radical (unpaired) electrons. The van der Waals surface area contributed by atoms with Crippen LogP contribution in [0.3, 0.4) is 0 Å². The molecule has 0 spiro atoms. The summed E-state index contributed by atoms with van der Waals surface area (Å²) in [5, 5.41) is 0. The van der Waals surface area contributed by atoms with E-state index in [-0.39, 0.29) is 11.3 Å². The number of nitrogens with zero attached hydrogens (tertiary/aromatic N) is 1. The quantitative estimate of drug-likeness (QED) is 0.288. The van der Waals surface area contributed by atoms with Crippen molar-refractivity contribution in [3.63, 3.8) is 0 Å². The molecule has 1 aromatic rings. The van der Waals surface area contributed by atoms with Crippen molar-refractivity contribution in [2.75, 3.05) is 12.0 Å². The molecule has 2 amide bonds. The smallest absolute Gasteiger partial charge is 0.337 e. The fourth-order valence-corrected chi connectivity index (χ4v) is 4.36. The molecule has 4 atom stereocenters. The molecule has 3 aliphatic heterocycles. The number of amides is 2. The predicted octanol–water partition coefficient (Wildman–Crippen LogP) is 0.738. The van der Waals surface area contributed by atoms with Crippen molar-refractivity contribution in [2.45, 2.75) is 31.8 Å². The number of fused-ring (bicyclic) bond motifs is 5. The molecule has 31 heavy (non-hydrogen) atoms. The molecule has 0 aromatic heterocycles. The van der Waals surface area contributed by atoms with E-state index in [1.807, 2.05) is 0 Å². The van der Waals surface area contributed by atoms with E-state index in [1.54, 1.807) is 6.08 Å². The first-order valence-electron chi connectivity index (χ1n) is 9.47. The van der Waals surface area contributed by atoms with E-state index >= 15 is 0 Å². The normalized spacial score (nSPS) is 28.1. The summed E-state index contributed by atoms with van der Waals surface area (Å²) in [4.78, 5) is 62.7. The van der Waals surface area contributed by atoms with Gasteiger partial charge in [-0.05, 0) is 24.3 Å². The highest BCUT2D eigenvalue weighted by Crippen LogP contribution is 2.54. The lowest BCUT2D eigenvalue weighted by atomic mass is 9.76. The van der Waals surface area contributed by atoms with Gasteiger partial charge in [-0.2, -0.15) is 0 Å². The molecule has 10 heteroatoms. The predicted molar refractivity (Wildman–Crippen MR) is 101 cm³/mol. The van der Waals surface area contributed by atoms with Gasteiger partial charge >= 0.3 is 17.9 Å². The topological polar surface area (TPSA) is 126 Å². The van der Waals surface area contributed by atoms with E-state index in [4.69, 9.17) is 18.9 Å². The van der Waals surface area contributed by atoms with Gasteiger partial charge in [0, 0.05) is 13.8 Å². The van der Waals surface area contributed by atoms with Gasteiger partial charge in [0.25, 0.3) is 6.29 Å². The maximum Gasteiger partial charge on any atom is 0.337 e. The van der Waals surface area contributed by atoms with Crippen molar-refractivity contribution in [3.05, 3.63) is 42.0 Å². The SMILES string of the molecule is COC(=O)c1cccc(N2C(=O)[C@@H]3[C@H]4C=C[C@](C(OC(C)=O)OC(C)=O)(O4)[C@H]3C2=O)c1. The molecular weight excluding hydrogens is 410 g/mol. The van der Waals surface area contributed by atoms with E-state index in [9.17, 15) is 24.0 Å². The maximum absolute atomic E-state index is 13.4. The van der Waals surface area contributed by atoms with Gasteiger partial charge in [0.15, 0.2) is 5.60 Å². The van der Waals surface area contributed by atoms with Crippen LogP contribution in [0.1, 0.15) is 24.2 Å². The Morgan fingerprint density at radius 1 is 1.10 bits per heavy atom. The van der Waals surface area contributed by atoms with Crippen LogP contribution in [0, 0.1) is 11.8 Å². The summed E-state index contributed by atoms with van der Waals surface area (Å²) in [5.41, 5.74) is -1.27. The van der Waals surface area contributed by atoms with Crippen molar-refractivity contribution < 1.29 is 42.9 Å². The fraction of sp³-hybridized carbons (Fsp3) is 0.381. The van der Waals surface area contributed by atoms with Crippen LogP contribution in [0.4, 0.5) is 5.69 Å². The van der Waals surface area contributed by atoms with Crippen LogP contribution in [0.15, 0.2) is 36.4 Å². The Morgan fingerprint density at radius 3 is 2.39 bits per heavy atom. The fourth-order valence-electron chi connectivity index (χ4n) is 4.36. The van der Waals surface area contributed by atoms with Crippen molar-refractivity contribution in [1.29, 1.82) is 0 Å². The molecule has 2 saturated heterocycles. The second-order valence-electron chi connectivity index (χ2n) is 7.40. The van der Waals surface area contributed by atoms with Crippen molar-refractivity contribution in [2.24, 2.45) is 11.8 Å². The van der Waals surface area contributed by atoms with Crippen LogP contribution in [-0.2, 0) is 38.1 Å². The number of rotatable bonds is 5. The average molecular weight is 429 g/mol. The summed E-state index contributed by atoms with van der Waals surface area (Å²) in [5.74, 6) is -5.24. The van der Waals surface area contributed by atoms with Gasteiger partial charge in [-0.1, -0.05) is 12.1 Å². The third-order valence-corrected chi connectivity index (χ3v) is 5.52. The summed E-state index contributed by atoms with van der Waals surface area (Å²) >= 11 is 0. The van der Waals surface area contributed by atoms with Crippen molar-refractivity contribution in [1.82, 2.24) is 0 Å². The zero-order valence-electron chi connectivity index (χ0n) is 16.9. The second-order valence-corrected chi connectivity index (χ2v) is 7.40. The summed E-state index contributed by atoms with van der Waals surface area (Å²) < 4.78 is 20.9. The lowest BCUT2D eigenvalue weighted by Crippen LogP contribution is -2.52. The summed E-state index contributed by atoms with van der Waals surface area (Å²) in [7, 11) is 1.22. The monoisotopic (exact) mass is 429 g/mol. The lowest BCUT2D eigenvalue weighted by molar-refractivity contribution is -0.226. The van der Waals surface area contributed by atoms with Gasteiger partial charge in [-0.15, -0.1) is 0 Å². The first-order chi connectivity index (χ1) is 14.7. The number of ether oxygens (including phenoxy) is 4. The largest absolute Gasteiger partial charge is 0.465 e. The summed E-state index contributed by atoms with van der Waals surface area (Å²) in [6.45, 7) is 2.25. The number of carbonyl (C=O) groups is 5. The van der Waals surface area contributed by atoms with E-state index in [0.29, 0.717) is 0 Å². The minimum Gasteiger partial charge on any atom is -0.465 e. The van der Waals surface area contributed by atoms with Crippen molar-refractivity contribution in [3.8, 4) is 0 Å². The van der Waals surface area contributed by atoms with Crippen molar-refractivity contribution >= 4 is 35.4 Å². The van der Waals surface area contributed by atoms with Gasteiger partial charge in [0.2, 0.25) is 11.8 Å². The number of esters is 3. The molecule has 0 saturated carbocycles. The van der Waals surface area contributed by atoms with E-state index < -0.39 is 59.6 Å². The minimum absolute atomic E-state index is 0.169. The van der Waals surface area contributed by atoms with E-state index in [0.717, 1.165) is 18.7 Å². The molecule has 0 unspecified atom stereocenters. The molecule has 0 N–H and O–H groups in total. The summed E-state index contributed by atoms with van der Waals surface area (Å²) in [6, 6.07) is 5.91. The van der Waals surface area contributed by atoms with Gasteiger partial charge in [0.1, 0.15) is 0 Å². The molecule has 4 rings (SSSR count). The molecule has 162 valence electrons. The van der Waals surface area contributed by atoms with Crippen LogP contribution in [-0.4, -0.2) is 54.8 Å². The standard InChI is InChI=1S/C21H19NO9/c1-10(23)29-20(30-11(2)24)21-8-7-14(31-21)15-16(21)18(26)22(17(15)25)13-6-4-5-12(9-13)19(27)28-3/h4-9,14-16,20H,1-3H3/t14-,15-,16-,21+/m1/s1. The van der Waals surface area contributed by atoms with Crippen LogP contribution in [0.25, 0.3) is 0 Å². The molecule has 3 heterocycles. The highest BCUT2D eigenvalue weighted by molar-refractivity contribution is 6.23. The Bertz CT molecular complexity index is 1020. The first kappa shape index (κ1) is 20.7. The number of hydrogen-bond acceptors (Lipinski definition) is 9. The number of hydrogen-bond donors (Lipinski definition) is 0. The Kier molecular flexibility index (Phi) is 4.89. The van der Waals surface area contributed by atoms with E-state index in [2.05, 4.69) is 0 Å². The third kappa shape index (κ3) is 3.10. The number of benzene rings is 1. The first-order valence-corrected chi connectivity index (χ1v) is 9.47. The number of imide groups is 1. The minimum atomic E-state index is -1.63. The molecule has 2 bridgehead atoms. The van der Waals surface area contributed by atoms with Gasteiger partial charge in [-0.3, -0.25) is 19.2 Å². The number of methoxy groups -OCH3 is 1. The molecule has 2 fully saturated rings. The summed E-state index contributed by atoms with van der Waals surface area (Å²) in [6.07, 6.45) is 0.774. The van der Waals surface area contributed by atoms with Crippen LogP contribution >= 0.6 is 0 Å². The second kappa shape index (κ2) is 7.31. The van der Waals surface area contributed by atoms with Gasteiger partial charge in [0.05, 0.1) is 36.3 Å². The Morgan fingerprint density at radius 2 is 1.77 bits per heavy atom. The van der Waals surface area contributed by atoms with Crippen LogP contribution < -0.4 is 4.90 Å². The van der Waals surface area contributed by atoms with Gasteiger partial charge in [-0.25, -0.2) is 9.69 Å². The van der Waals surface area contributed by atoms with Crippen LogP contribution in [0.2, 0.25) is 0 Å². The Balaban J connectivity index is 1.73. The Hall–Kier alpha value is -3.53. The zero-order chi connectivity index (χ0) is 22.5. The molecule has 10 nitrogen and oxygen atoms in total. The highest BCUT2D eigenvalue weighted by Gasteiger charge is 2.72. The van der Waals surface area contributed by atoms with Gasteiger partial charge < -0.3 is 18.9 Å². The van der Waals surface area contributed by atoms with Crippen LogP contribution in [0.5, 0.6) is 0 Å². The number of carbonyl (C=O) groups excluding carboxylic acids is 5.